The van der Waals surface area contributed by atoms with Crippen molar-refractivity contribution in [3.05, 3.63) is 34.7 Å². The summed E-state index contributed by atoms with van der Waals surface area (Å²) in [4.78, 5) is 17.3. The molecule has 1 amide bonds. The van der Waals surface area contributed by atoms with Crippen LogP contribution < -0.4 is 4.74 Å². The molecule has 0 unspecified atom stereocenters. The quantitative estimate of drug-likeness (QED) is 0.590. The molecule has 3 rings (SSSR count). The van der Waals surface area contributed by atoms with Gasteiger partial charge in [-0.25, -0.2) is 0 Å². The number of methoxy groups -OCH3 is 1. The third-order valence-corrected chi connectivity index (χ3v) is 5.41. The number of nitrogens with zero attached hydrogens (tertiary/aromatic N) is 2. The second kappa shape index (κ2) is 8.11. The Hall–Kier alpha value is -1.41. The summed E-state index contributed by atoms with van der Waals surface area (Å²) >= 11 is 6.75. The lowest BCUT2D eigenvalue weighted by Crippen LogP contribution is -2.42. The largest absolute Gasteiger partial charge is 0.497 e. The van der Waals surface area contributed by atoms with Crippen LogP contribution in [0.5, 0.6) is 5.75 Å². The van der Waals surface area contributed by atoms with Crippen molar-refractivity contribution in [1.29, 1.82) is 0 Å². The monoisotopic (exact) mass is 364 g/mol. The van der Waals surface area contributed by atoms with Gasteiger partial charge in [-0.15, -0.1) is 0 Å². The molecule has 2 aliphatic rings. The fraction of sp³-hybridized carbons (Fsp3) is 0.412. The smallest absolute Gasteiger partial charge is 0.266 e. The summed E-state index contributed by atoms with van der Waals surface area (Å²) in [5.41, 5.74) is 0.962. The highest BCUT2D eigenvalue weighted by Gasteiger charge is 2.32. The van der Waals surface area contributed by atoms with Crippen molar-refractivity contribution in [2.45, 2.75) is 0 Å². The third kappa shape index (κ3) is 4.16. The van der Waals surface area contributed by atoms with Crippen LogP contribution in [0, 0.1) is 0 Å². The number of ether oxygens (including phenoxy) is 2. The van der Waals surface area contributed by atoms with Crippen LogP contribution in [0.3, 0.4) is 0 Å². The molecule has 7 heteroatoms. The number of amides is 1. The Morgan fingerprint density at radius 3 is 2.62 bits per heavy atom. The van der Waals surface area contributed by atoms with Crippen LogP contribution in [0.25, 0.3) is 6.08 Å². The second-order valence-corrected chi connectivity index (χ2v) is 7.24. The van der Waals surface area contributed by atoms with Gasteiger partial charge >= 0.3 is 0 Å². The van der Waals surface area contributed by atoms with Gasteiger partial charge in [-0.05, 0) is 23.8 Å². The Bertz CT molecular complexity index is 640. The minimum absolute atomic E-state index is 0.00548. The van der Waals surface area contributed by atoms with E-state index in [0.29, 0.717) is 15.8 Å². The summed E-state index contributed by atoms with van der Waals surface area (Å²) in [5.74, 6) is 0.791. The summed E-state index contributed by atoms with van der Waals surface area (Å²) in [5, 5.41) is 0. The van der Waals surface area contributed by atoms with Gasteiger partial charge in [-0.2, -0.15) is 0 Å². The van der Waals surface area contributed by atoms with Gasteiger partial charge in [-0.3, -0.25) is 14.6 Å². The predicted molar refractivity (Wildman–Crippen MR) is 100 cm³/mol. The van der Waals surface area contributed by atoms with Crippen LogP contribution >= 0.6 is 24.0 Å². The van der Waals surface area contributed by atoms with Crippen molar-refractivity contribution < 1.29 is 14.3 Å². The number of hydrogen-bond donors (Lipinski definition) is 0. The van der Waals surface area contributed by atoms with Crippen LogP contribution in [-0.2, 0) is 9.53 Å². The molecular weight excluding hydrogens is 344 g/mol. The van der Waals surface area contributed by atoms with E-state index in [2.05, 4.69) is 4.90 Å². The highest BCUT2D eigenvalue weighted by atomic mass is 32.2. The first-order valence-corrected chi connectivity index (χ1v) is 9.09. The summed E-state index contributed by atoms with van der Waals surface area (Å²) in [7, 11) is 1.63. The van der Waals surface area contributed by atoms with Gasteiger partial charge in [0.1, 0.15) is 10.1 Å². The summed E-state index contributed by atoms with van der Waals surface area (Å²) in [6, 6.07) is 7.62. The molecule has 1 aromatic rings. The van der Waals surface area contributed by atoms with Crippen LogP contribution in [0.1, 0.15) is 5.56 Å². The molecule has 0 radical (unpaired) electrons. The average Bonchev–Trinajstić information content (AvgIpc) is 2.88. The summed E-state index contributed by atoms with van der Waals surface area (Å²) in [6.07, 6.45) is 1.88. The highest BCUT2D eigenvalue weighted by molar-refractivity contribution is 8.26. The maximum absolute atomic E-state index is 12.6. The van der Waals surface area contributed by atoms with E-state index in [1.165, 1.54) is 11.8 Å². The fourth-order valence-corrected chi connectivity index (χ4v) is 3.92. The van der Waals surface area contributed by atoms with E-state index in [4.69, 9.17) is 21.7 Å². The van der Waals surface area contributed by atoms with Crippen molar-refractivity contribution in [2.24, 2.45) is 0 Å². The molecule has 2 fully saturated rings. The first-order valence-electron chi connectivity index (χ1n) is 7.87. The molecule has 2 saturated heterocycles. The van der Waals surface area contributed by atoms with Crippen molar-refractivity contribution in [2.75, 3.05) is 46.5 Å². The Kier molecular flexibility index (Phi) is 5.89. The first-order chi connectivity index (χ1) is 11.7. The Morgan fingerprint density at radius 2 is 1.96 bits per heavy atom. The minimum Gasteiger partial charge on any atom is -0.497 e. The van der Waals surface area contributed by atoms with Gasteiger partial charge in [0, 0.05) is 26.2 Å². The van der Waals surface area contributed by atoms with Crippen LogP contribution in [0.4, 0.5) is 0 Å². The molecule has 24 heavy (non-hydrogen) atoms. The van der Waals surface area contributed by atoms with Gasteiger partial charge in [0.05, 0.1) is 25.2 Å². The second-order valence-electron chi connectivity index (χ2n) is 5.56. The molecule has 0 N–H and O–H groups in total. The number of hydrogen-bond acceptors (Lipinski definition) is 6. The lowest BCUT2D eigenvalue weighted by Gasteiger charge is -2.28. The van der Waals surface area contributed by atoms with Gasteiger partial charge in [0.15, 0.2) is 0 Å². The molecule has 128 valence electrons. The zero-order chi connectivity index (χ0) is 16.9. The predicted octanol–water partition coefficient (Wildman–Crippen LogP) is 2.23. The average molecular weight is 364 g/mol. The van der Waals surface area contributed by atoms with Gasteiger partial charge in [-0.1, -0.05) is 36.1 Å². The van der Waals surface area contributed by atoms with E-state index >= 15 is 0 Å². The van der Waals surface area contributed by atoms with Crippen LogP contribution in [-0.4, -0.2) is 66.5 Å². The molecule has 5 nitrogen and oxygen atoms in total. The van der Waals surface area contributed by atoms with Gasteiger partial charge < -0.3 is 9.47 Å². The Balaban J connectivity index is 1.63. The maximum atomic E-state index is 12.6. The number of rotatable bonds is 5. The molecular formula is C17H20N2O3S2. The molecule has 0 aliphatic carbocycles. The number of carbonyl (C=O) groups excluding carboxylic acids is 1. The molecule has 2 heterocycles. The van der Waals surface area contributed by atoms with E-state index < -0.39 is 0 Å². The van der Waals surface area contributed by atoms with E-state index in [0.717, 1.165) is 44.2 Å². The summed E-state index contributed by atoms with van der Waals surface area (Å²) < 4.78 is 11.1. The van der Waals surface area contributed by atoms with Gasteiger partial charge in [0.2, 0.25) is 0 Å². The van der Waals surface area contributed by atoms with Crippen molar-refractivity contribution in [3.63, 3.8) is 0 Å². The van der Waals surface area contributed by atoms with Crippen LogP contribution in [0.2, 0.25) is 0 Å². The zero-order valence-corrected chi connectivity index (χ0v) is 15.2. The molecule has 0 atom stereocenters. The Labute approximate surface area is 151 Å². The lowest BCUT2D eigenvalue weighted by molar-refractivity contribution is -0.122. The SMILES string of the molecule is COc1ccc(C=C2SC(=S)N(CCN3CCOCC3)C2=O)cc1. The minimum atomic E-state index is -0.00548. The van der Waals surface area contributed by atoms with E-state index in [1.54, 1.807) is 12.0 Å². The van der Waals surface area contributed by atoms with Crippen molar-refractivity contribution in [1.82, 2.24) is 9.80 Å². The molecule has 0 saturated carbocycles. The number of benzene rings is 1. The molecule has 2 aliphatic heterocycles. The van der Waals surface area contributed by atoms with E-state index in [-0.39, 0.29) is 5.91 Å². The fourth-order valence-electron chi connectivity index (χ4n) is 2.61. The Morgan fingerprint density at radius 1 is 1.25 bits per heavy atom. The number of thiocarbonyl (C=S) groups is 1. The number of morpholine rings is 1. The molecule has 1 aromatic carbocycles. The zero-order valence-electron chi connectivity index (χ0n) is 13.6. The first kappa shape index (κ1) is 17.4. The summed E-state index contributed by atoms with van der Waals surface area (Å²) in [6.45, 7) is 4.80. The van der Waals surface area contributed by atoms with Crippen molar-refractivity contribution in [3.8, 4) is 5.75 Å². The van der Waals surface area contributed by atoms with Gasteiger partial charge in [0.25, 0.3) is 5.91 Å². The third-order valence-electron chi connectivity index (χ3n) is 4.03. The molecule has 0 aromatic heterocycles. The van der Waals surface area contributed by atoms with E-state index in [1.807, 2.05) is 30.3 Å². The molecule has 0 bridgehead atoms. The maximum Gasteiger partial charge on any atom is 0.266 e. The van der Waals surface area contributed by atoms with Crippen molar-refractivity contribution >= 4 is 40.3 Å². The normalized spacial score (nSPS) is 20.9. The molecule has 0 spiro atoms. The topological polar surface area (TPSA) is 42.0 Å². The van der Waals surface area contributed by atoms with E-state index in [9.17, 15) is 4.79 Å². The lowest BCUT2D eigenvalue weighted by atomic mass is 10.2. The number of thioether (sulfide) groups is 1. The van der Waals surface area contributed by atoms with Crippen LogP contribution in [0.15, 0.2) is 29.2 Å². The highest BCUT2D eigenvalue weighted by Crippen LogP contribution is 2.32. The number of carbonyl (C=O) groups is 1. The standard InChI is InChI=1S/C17H20N2O3S2/c1-21-14-4-2-13(3-5-14)12-15-16(20)19(17(23)24-15)7-6-18-8-10-22-11-9-18/h2-5,12H,6-11H2,1H3.